The van der Waals surface area contributed by atoms with Gasteiger partial charge in [-0.3, -0.25) is 9.58 Å². The molecule has 4 rings (SSSR count). The van der Waals surface area contributed by atoms with E-state index in [2.05, 4.69) is 20.7 Å². The standard InChI is InChI=1S/C19H25N3O/c23-19(15-7-3-1-4-8-15)18-13-17-14-21(11-12-22(17)20-18)16-9-5-2-6-10-16/h1,3-4,7-8,13,16,19,23H,2,5-6,9-12,14H2. The molecule has 1 aliphatic heterocycles. The molecular weight excluding hydrogens is 286 g/mol. The summed E-state index contributed by atoms with van der Waals surface area (Å²) in [6, 6.07) is 12.6. The molecule has 1 aromatic carbocycles. The molecule has 1 saturated carbocycles. The molecule has 1 fully saturated rings. The van der Waals surface area contributed by atoms with E-state index in [1.165, 1.54) is 37.8 Å². The van der Waals surface area contributed by atoms with Crippen molar-refractivity contribution in [3.05, 3.63) is 53.3 Å². The average Bonchev–Trinajstić information content (AvgIpc) is 3.06. The number of benzene rings is 1. The van der Waals surface area contributed by atoms with E-state index in [4.69, 9.17) is 0 Å². The van der Waals surface area contributed by atoms with Crippen LogP contribution in [0, 0.1) is 0 Å². The second-order valence-corrected chi connectivity index (χ2v) is 6.86. The van der Waals surface area contributed by atoms with E-state index < -0.39 is 6.10 Å². The van der Waals surface area contributed by atoms with Gasteiger partial charge in [-0.15, -0.1) is 0 Å². The maximum absolute atomic E-state index is 10.6. The molecule has 0 amide bonds. The average molecular weight is 311 g/mol. The Hall–Kier alpha value is -1.65. The zero-order valence-electron chi connectivity index (χ0n) is 13.6. The fraction of sp³-hybridized carbons (Fsp3) is 0.526. The van der Waals surface area contributed by atoms with E-state index in [-0.39, 0.29) is 0 Å². The molecule has 4 heteroatoms. The quantitative estimate of drug-likeness (QED) is 0.947. The molecule has 1 atom stereocenters. The van der Waals surface area contributed by atoms with Crippen molar-refractivity contribution >= 4 is 0 Å². The first kappa shape index (κ1) is 14.9. The Morgan fingerprint density at radius 2 is 1.83 bits per heavy atom. The van der Waals surface area contributed by atoms with Crippen molar-refractivity contribution in [2.75, 3.05) is 6.54 Å². The van der Waals surface area contributed by atoms with Gasteiger partial charge in [0.25, 0.3) is 0 Å². The van der Waals surface area contributed by atoms with Gasteiger partial charge in [0.1, 0.15) is 6.10 Å². The lowest BCUT2D eigenvalue weighted by atomic mass is 9.94. The van der Waals surface area contributed by atoms with Crippen LogP contribution in [0.4, 0.5) is 0 Å². The fourth-order valence-electron chi connectivity index (χ4n) is 4.01. The zero-order valence-corrected chi connectivity index (χ0v) is 13.6. The van der Waals surface area contributed by atoms with Gasteiger partial charge in [0, 0.05) is 19.1 Å². The number of aliphatic hydroxyl groups is 1. The predicted molar refractivity (Wildman–Crippen MR) is 90.0 cm³/mol. The normalized spacial score (nSPS) is 21.1. The lowest BCUT2D eigenvalue weighted by Crippen LogP contribution is -2.42. The highest BCUT2D eigenvalue weighted by molar-refractivity contribution is 5.26. The van der Waals surface area contributed by atoms with Gasteiger partial charge in [-0.2, -0.15) is 5.10 Å². The van der Waals surface area contributed by atoms with Gasteiger partial charge in [-0.1, -0.05) is 49.6 Å². The molecule has 1 N–H and O–H groups in total. The van der Waals surface area contributed by atoms with Gasteiger partial charge in [0.05, 0.1) is 17.9 Å². The third-order valence-electron chi connectivity index (χ3n) is 5.33. The van der Waals surface area contributed by atoms with E-state index >= 15 is 0 Å². The number of fused-ring (bicyclic) bond motifs is 1. The van der Waals surface area contributed by atoms with Gasteiger partial charge in [-0.25, -0.2) is 0 Å². The second-order valence-electron chi connectivity index (χ2n) is 6.86. The monoisotopic (exact) mass is 311 g/mol. The molecule has 23 heavy (non-hydrogen) atoms. The van der Waals surface area contributed by atoms with Crippen LogP contribution in [-0.2, 0) is 13.1 Å². The summed E-state index contributed by atoms with van der Waals surface area (Å²) in [5, 5.41) is 15.2. The minimum atomic E-state index is -0.627. The van der Waals surface area contributed by atoms with E-state index in [9.17, 15) is 5.11 Å². The van der Waals surface area contributed by atoms with Crippen LogP contribution in [0.2, 0.25) is 0 Å². The molecule has 2 heterocycles. The Kier molecular flexibility index (Phi) is 4.19. The molecular formula is C19H25N3O. The van der Waals surface area contributed by atoms with Crippen LogP contribution >= 0.6 is 0 Å². The van der Waals surface area contributed by atoms with Gasteiger partial charge in [0.15, 0.2) is 0 Å². The van der Waals surface area contributed by atoms with Crippen LogP contribution in [0.1, 0.15) is 55.2 Å². The minimum absolute atomic E-state index is 0.627. The van der Waals surface area contributed by atoms with Crippen LogP contribution < -0.4 is 0 Å². The second kappa shape index (κ2) is 6.46. The number of rotatable bonds is 3. The molecule has 4 nitrogen and oxygen atoms in total. The largest absolute Gasteiger partial charge is 0.382 e. The third-order valence-corrected chi connectivity index (χ3v) is 5.33. The highest BCUT2D eigenvalue weighted by Gasteiger charge is 2.27. The van der Waals surface area contributed by atoms with Gasteiger partial charge < -0.3 is 5.11 Å². The molecule has 1 unspecified atom stereocenters. The summed E-state index contributed by atoms with van der Waals surface area (Å²) in [4.78, 5) is 2.62. The van der Waals surface area contributed by atoms with Crippen molar-refractivity contribution in [1.82, 2.24) is 14.7 Å². The molecule has 1 aromatic heterocycles. The van der Waals surface area contributed by atoms with Crippen LogP contribution in [0.5, 0.6) is 0 Å². The van der Waals surface area contributed by atoms with Crippen molar-refractivity contribution in [2.45, 2.75) is 57.3 Å². The van der Waals surface area contributed by atoms with Crippen LogP contribution in [0.25, 0.3) is 0 Å². The number of aromatic nitrogens is 2. The van der Waals surface area contributed by atoms with Crippen LogP contribution in [-0.4, -0.2) is 32.4 Å². The fourth-order valence-corrected chi connectivity index (χ4v) is 4.01. The summed E-state index contributed by atoms with van der Waals surface area (Å²) in [5.74, 6) is 0. The maximum Gasteiger partial charge on any atom is 0.123 e. The molecule has 1 aliphatic carbocycles. The SMILES string of the molecule is OC(c1ccccc1)c1cc2n(n1)CCN(C1CCCCC1)C2. The van der Waals surface area contributed by atoms with Crippen molar-refractivity contribution < 1.29 is 5.11 Å². The first-order valence-electron chi connectivity index (χ1n) is 8.85. The molecule has 2 aliphatic rings. The molecule has 2 aromatic rings. The summed E-state index contributed by atoms with van der Waals surface area (Å²) in [7, 11) is 0. The maximum atomic E-state index is 10.6. The molecule has 0 radical (unpaired) electrons. The van der Waals surface area contributed by atoms with Crippen LogP contribution in [0.3, 0.4) is 0 Å². The molecule has 0 bridgehead atoms. The Morgan fingerprint density at radius 1 is 1.04 bits per heavy atom. The molecule has 0 spiro atoms. The predicted octanol–water partition coefficient (Wildman–Crippen LogP) is 3.11. The summed E-state index contributed by atoms with van der Waals surface area (Å²) in [6.07, 6.45) is 6.20. The number of nitrogens with zero attached hydrogens (tertiary/aromatic N) is 3. The van der Waals surface area contributed by atoms with E-state index in [1.54, 1.807) is 0 Å². The molecule has 0 saturated heterocycles. The number of hydrogen-bond acceptors (Lipinski definition) is 3. The zero-order chi connectivity index (χ0) is 15.6. The summed E-state index contributed by atoms with van der Waals surface area (Å²) in [5.41, 5.74) is 2.93. The van der Waals surface area contributed by atoms with Crippen molar-refractivity contribution in [3.63, 3.8) is 0 Å². The van der Waals surface area contributed by atoms with Crippen molar-refractivity contribution in [1.29, 1.82) is 0 Å². The van der Waals surface area contributed by atoms with Gasteiger partial charge in [0.2, 0.25) is 0 Å². The highest BCUT2D eigenvalue weighted by Crippen LogP contribution is 2.28. The minimum Gasteiger partial charge on any atom is -0.382 e. The Balaban J connectivity index is 1.51. The van der Waals surface area contributed by atoms with Crippen molar-refractivity contribution in [3.8, 4) is 0 Å². The lowest BCUT2D eigenvalue weighted by Gasteiger charge is -2.36. The first-order chi connectivity index (χ1) is 11.3. The Bertz CT molecular complexity index is 646. The van der Waals surface area contributed by atoms with Gasteiger partial charge >= 0.3 is 0 Å². The highest BCUT2D eigenvalue weighted by atomic mass is 16.3. The Labute approximate surface area is 137 Å². The number of hydrogen-bond donors (Lipinski definition) is 1. The van der Waals surface area contributed by atoms with E-state index in [0.29, 0.717) is 0 Å². The Morgan fingerprint density at radius 3 is 2.61 bits per heavy atom. The van der Waals surface area contributed by atoms with E-state index in [0.717, 1.165) is 36.9 Å². The smallest absolute Gasteiger partial charge is 0.123 e. The van der Waals surface area contributed by atoms with Crippen molar-refractivity contribution in [2.24, 2.45) is 0 Å². The summed E-state index contributed by atoms with van der Waals surface area (Å²) < 4.78 is 2.08. The third kappa shape index (κ3) is 3.06. The topological polar surface area (TPSA) is 41.3 Å². The van der Waals surface area contributed by atoms with Gasteiger partial charge in [-0.05, 0) is 24.5 Å². The lowest BCUT2D eigenvalue weighted by molar-refractivity contribution is 0.119. The van der Waals surface area contributed by atoms with E-state index in [1.807, 2.05) is 30.3 Å². The number of aliphatic hydroxyl groups excluding tert-OH is 1. The molecule has 122 valence electrons. The first-order valence-corrected chi connectivity index (χ1v) is 8.85. The summed E-state index contributed by atoms with van der Waals surface area (Å²) in [6.45, 7) is 2.99. The van der Waals surface area contributed by atoms with Crippen LogP contribution in [0.15, 0.2) is 36.4 Å². The summed E-state index contributed by atoms with van der Waals surface area (Å²) >= 11 is 0.